The Hall–Kier alpha value is -1.29. The molecule has 82 valence electrons. The number of hydrogen-bond donors (Lipinski definition) is 1. The summed E-state index contributed by atoms with van der Waals surface area (Å²) in [5.74, 6) is -0.601. The molecule has 0 radical (unpaired) electrons. The summed E-state index contributed by atoms with van der Waals surface area (Å²) in [6.07, 6.45) is 1.64. The second-order valence-corrected chi connectivity index (χ2v) is 3.67. The van der Waals surface area contributed by atoms with Gasteiger partial charge in [-0.05, 0) is 17.5 Å². The molecule has 1 rings (SSSR count). The van der Waals surface area contributed by atoms with Gasteiger partial charge >= 0.3 is 5.97 Å². The van der Waals surface area contributed by atoms with Crippen LogP contribution in [0.15, 0.2) is 12.3 Å². The number of carboxylic acid groups (broad SMARTS) is 1. The molecule has 1 unspecified atom stereocenters. The zero-order chi connectivity index (χ0) is 11.4. The third kappa shape index (κ3) is 3.09. The van der Waals surface area contributed by atoms with Gasteiger partial charge in [0.25, 0.3) is 0 Å². The van der Waals surface area contributed by atoms with Crippen molar-refractivity contribution in [3.63, 3.8) is 0 Å². The number of aromatic nitrogens is 1. The summed E-state index contributed by atoms with van der Waals surface area (Å²) < 4.78 is 4.90. The fourth-order valence-electron chi connectivity index (χ4n) is 1.24. The maximum Gasteiger partial charge on any atom is 0.303 e. The lowest BCUT2D eigenvalue weighted by molar-refractivity contribution is -0.137. The maximum atomic E-state index is 10.5. The van der Waals surface area contributed by atoms with Gasteiger partial charge in [0, 0.05) is 6.20 Å². The zero-order valence-corrected chi connectivity index (χ0v) is 9.28. The molecule has 0 aliphatic heterocycles. The van der Waals surface area contributed by atoms with Gasteiger partial charge in [0.05, 0.1) is 13.5 Å². The third-order valence-electron chi connectivity index (χ3n) is 2.07. The van der Waals surface area contributed by atoms with Gasteiger partial charge < -0.3 is 9.84 Å². The van der Waals surface area contributed by atoms with E-state index in [1.807, 2.05) is 6.92 Å². The van der Waals surface area contributed by atoms with Crippen LogP contribution in [0.25, 0.3) is 0 Å². The second-order valence-electron chi connectivity index (χ2n) is 3.26. The number of methoxy groups -OCH3 is 1. The van der Waals surface area contributed by atoms with E-state index in [1.54, 1.807) is 12.3 Å². The molecule has 0 bridgehead atoms. The molecule has 1 aromatic rings. The van der Waals surface area contributed by atoms with Crippen molar-refractivity contribution < 1.29 is 14.6 Å². The van der Waals surface area contributed by atoms with Crippen LogP contribution in [0.1, 0.15) is 24.8 Å². The molecular weight excluding hydrogens is 218 g/mol. The summed E-state index contributed by atoms with van der Waals surface area (Å²) in [7, 11) is 1.48. The zero-order valence-electron chi connectivity index (χ0n) is 8.53. The van der Waals surface area contributed by atoms with Crippen LogP contribution in [0.4, 0.5) is 0 Å². The molecule has 1 N–H and O–H groups in total. The Morgan fingerprint density at radius 1 is 1.73 bits per heavy atom. The van der Waals surface area contributed by atoms with E-state index in [2.05, 4.69) is 4.98 Å². The highest BCUT2D eigenvalue weighted by Gasteiger charge is 2.12. The lowest BCUT2D eigenvalue weighted by Gasteiger charge is -2.10. The molecule has 0 aliphatic rings. The number of rotatable bonds is 4. The van der Waals surface area contributed by atoms with Gasteiger partial charge in [-0.15, -0.1) is 0 Å². The predicted molar refractivity (Wildman–Crippen MR) is 56.5 cm³/mol. The van der Waals surface area contributed by atoms with Gasteiger partial charge in [-0.1, -0.05) is 18.5 Å². The van der Waals surface area contributed by atoms with Crippen molar-refractivity contribution in [2.45, 2.75) is 19.3 Å². The Morgan fingerprint density at radius 3 is 2.87 bits per heavy atom. The Balaban J connectivity index is 2.87. The first-order valence-corrected chi connectivity index (χ1v) is 4.83. The highest BCUT2D eigenvalue weighted by atomic mass is 35.5. The standard InChI is InChI=1S/C10H12ClNO3/c1-6(3-9(13)14)7-4-8(11)10(15-2)12-5-7/h4-6H,3H2,1-2H3,(H,13,14). The molecule has 5 heteroatoms. The molecule has 0 aliphatic carbocycles. The molecule has 1 heterocycles. The largest absolute Gasteiger partial charge is 0.481 e. The van der Waals surface area contributed by atoms with Crippen molar-refractivity contribution in [2.75, 3.05) is 7.11 Å². The number of hydrogen-bond acceptors (Lipinski definition) is 3. The molecule has 4 nitrogen and oxygen atoms in total. The Bertz CT molecular complexity index is 368. The summed E-state index contributed by atoms with van der Waals surface area (Å²) in [5, 5.41) is 9.03. The van der Waals surface area contributed by atoms with Crippen LogP contribution in [-0.4, -0.2) is 23.2 Å². The summed E-state index contributed by atoms with van der Waals surface area (Å²) in [5.41, 5.74) is 0.795. The second kappa shape index (κ2) is 4.98. The molecule has 0 saturated carbocycles. The Labute approximate surface area is 92.8 Å². The average molecular weight is 230 g/mol. The topological polar surface area (TPSA) is 59.4 Å². The van der Waals surface area contributed by atoms with Gasteiger partial charge in [0.2, 0.25) is 5.88 Å². The van der Waals surface area contributed by atoms with Crippen molar-refractivity contribution in [1.29, 1.82) is 0 Å². The average Bonchev–Trinajstić information content (AvgIpc) is 2.16. The lowest BCUT2D eigenvalue weighted by Crippen LogP contribution is -2.03. The van der Waals surface area contributed by atoms with E-state index in [9.17, 15) is 4.79 Å². The van der Waals surface area contributed by atoms with E-state index in [0.717, 1.165) is 5.56 Å². The molecule has 1 aromatic heterocycles. The molecule has 0 spiro atoms. The first kappa shape index (κ1) is 11.8. The summed E-state index contributed by atoms with van der Waals surface area (Å²) in [6.45, 7) is 1.81. The smallest absolute Gasteiger partial charge is 0.303 e. The van der Waals surface area contributed by atoms with E-state index in [4.69, 9.17) is 21.4 Å². The summed E-state index contributed by atoms with van der Waals surface area (Å²) in [4.78, 5) is 14.5. The van der Waals surface area contributed by atoms with E-state index >= 15 is 0 Å². The number of carboxylic acids is 1. The number of halogens is 1. The van der Waals surface area contributed by atoms with Gasteiger partial charge in [0.15, 0.2) is 0 Å². The number of aliphatic carboxylic acids is 1. The van der Waals surface area contributed by atoms with Gasteiger partial charge in [-0.25, -0.2) is 4.98 Å². The molecule has 1 atom stereocenters. The number of ether oxygens (including phenoxy) is 1. The van der Waals surface area contributed by atoms with Crippen LogP contribution in [-0.2, 0) is 4.79 Å². The molecular formula is C10H12ClNO3. The molecule has 0 aromatic carbocycles. The Kier molecular flexibility index (Phi) is 3.91. The van der Waals surface area contributed by atoms with Crippen molar-refractivity contribution in [3.05, 3.63) is 22.8 Å². The van der Waals surface area contributed by atoms with E-state index < -0.39 is 5.97 Å². The van der Waals surface area contributed by atoms with Crippen LogP contribution < -0.4 is 4.74 Å². The van der Waals surface area contributed by atoms with Gasteiger partial charge in [0.1, 0.15) is 5.02 Å². The van der Waals surface area contributed by atoms with E-state index in [-0.39, 0.29) is 12.3 Å². The minimum atomic E-state index is -0.838. The number of nitrogens with zero attached hydrogens (tertiary/aromatic N) is 1. The minimum Gasteiger partial charge on any atom is -0.481 e. The van der Waals surface area contributed by atoms with E-state index in [0.29, 0.717) is 10.9 Å². The fourth-order valence-corrected chi connectivity index (χ4v) is 1.49. The summed E-state index contributed by atoms with van der Waals surface area (Å²) in [6, 6.07) is 1.68. The van der Waals surface area contributed by atoms with Crippen molar-refractivity contribution in [1.82, 2.24) is 4.98 Å². The van der Waals surface area contributed by atoms with Crippen molar-refractivity contribution in [3.8, 4) is 5.88 Å². The highest BCUT2D eigenvalue weighted by Crippen LogP contribution is 2.26. The van der Waals surface area contributed by atoms with Crippen LogP contribution >= 0.6 is 11.6 Å². The minimum absolute atomic E-state index is 0.0599. The Morgan fingerprint density at radius 2 is 2.40 bits per heavy atom. The number of carbonyl (C=O) groups is 1. The molecule has 0 amide bonds. The number of pyridine rings is 1. The molecule has 0 saturated heterocycles. The summed E-state index contributed by atoms with van der Waals surface area (Å²) >= 11 is 5.88. The normalized spacial score (nSPS) is 12.2. The predicted octanol–water partition coefficient (Wildman–Crippen LogP) is 2.32. The third-order valence-corrected chi connectivity index (χ3v) is 2.34. The van der Waals surface area contributed by atoms with Gasteiger partial charge in [-0.3, -0.25) is 4.79 Å². The van der Waals surface area contributed by atoms with Crippen LogP contribution in [0.3, 0.4) is 0 Å². The first-order valence-electron chi connectivity index (χ1n) is 4.45. The van der Waals surface area contributed by atoms with Crippen molar-refractivity contribution in [2.24, 2.45) is 0 Å². The monoisotopic (exact) mass is 229 g/mol. The molecule has 15 heavy (non-hydrogen) atoms. The van der Waals surface area contributed by atoms with Gasteiger partial charge in [-0.2, -0.15) is 0 Å². The van der Waals surface area contributed by atoms with Crippen molar-refractivity contribution >= 4 is 17.6 Å². The quantitative estimate of drug-likeness (QED) is 0.861. The van der Waals surface area contributed by atoms with Crippen LogP contribution in [0.5, 0.6) is 5.88 Å². The first-order chi connectivity index (χ1) is 7.04. The maximum absolute atomic E-state index is 10.5. The SMILES string of the molecule is COc1ncc(C(C)CC(=O)O)cc1Cl. The lowest BCUT2D eigenvalue weighted by atomic mass is 10.00. The van der Waals surface area contributed by atoms with Crippen LogP contribution in [0, 0.1) is 0 Å². The highest BCUT2D eigenvalue weighted by molar-refractivity contribution is 6.31. The van der Waals surface area contributed by atoms with E-state index in [1.165, 1.54) is 7.11 Å². The molecule has 0 fully saturated rings. The van der Waals surface area contributed by atoms with Crippen LogP contribution in [0.2, 0.25) is 5.02 Å². The fraction of sp³-hybridized carbons (Fsp3) is 0.400.